The average molecular weight is 264 g/mol. The Labute approximate surface area is 110 Å². The molecule has 0 amide bonds. The summed E-state index contributed by atoms with van der Waals surface area (Å²) in [6.07, 6.45) is 3.93. The van der Waals surface area contributed by atoms with Crippen molar-refractivity contribution in [3.05, 3.63) is 11.6 Å². The molecular formula is C14H16O5. The van der Waals surface area contributed by atoms with E-state index in [1.54, 1.807) is 6.08 Å². The van der Waals surface area contributed by atoms with Crippen LogP contribution in [0.4, 0.5) is 0 Å². The first-order valence-corrected chi connectivity index (χ1v) is 6.42. The Kier molecular flexibility index (Phi) is 2.40. The van der Waals surface area contributed by atoms with Crippen molar-refractivity contribution in [1.29, 1.82) is 0 Å². The molecule has 0 aliphatic heterocycles. The smallest absolute Gasteiger partial charge is 0.323 e. The van der Waals surface area contributed by atoms with Gasteiger partial charge < -0.3 is 9.47 Å². The number of fused-ring (bicyclic) bond motifs is 2. The lowest BCUT2D eigenvalue weighted by Gasteiger charge is -2.24. The van der Waals surface area contributed by atoms with Crippen LogP contribution < -0.4 is 0 Å². The Bertz CT molecular complexity index is 496. The van der Waals surface area contributed by atoms with Crippen LogP contribution in [0.25, 0.3) is 0 Å². The van der Waals surface area contributed by atoms with Crippen LogP contribution in [0.1, 0.15) is 25.7 Å². The SMILES string of the molecule is COC(=O)C1(C(=O)OC)CC2=CC(=O)C3(CC3)C2C1. The van der Waals surface area contributed by atoms with Gasteiger partial charge in [-0.1, -0.05) is 5.57 Å². The number of ether oxygens (including phenoxy) is 2. The minimum atomic E-state index is -1.25. The molecule has 102 valence electrons. The number of carbonyl (C=O) groups excluding carboxylic acids is 3. The van der Waals surface area contributed by atoms with Gasteiger partial charge in [-0.25, -0.2) is 0 Å². The van der Waals surface area contributed by atoms with E-state index in [0.29, 0.717) is 6.42 Å². The second-order valence-electron chi connectivity index (χ2n) is 5.74. The van der Waals surface area contributed by atoms with E-state index in [2.05, 4.69) is 0 Å². The summed E-state index contributed by atoms with van der Waals surface area (Å²) in [5, 5.41) is 0. The predicted molar refractivity (Wildman–Crippen MR) is 63.9 cm³/mol. The van der Waals surface area contributed by atoms with E-state index in [1.165, 1.54) is 14.2 Å². The van der Waals surface area contributed by atoms with E-state index in [9.17, 15) is 14.4 Å². The highest BCUT2D eigenvalue weighted by molar-refractivity contribution is 6.05. The van der Waals surface area contributed by atoms with Crippen LogP contribution in [-0.4, -0.2) is 31.9 Å². The molecule has 0 aromatic rings. The standard InChI is InChI=1S/C14H16O5/c1-18-11(16)14(12(17)19-2)6-8-5-10(15)13(3-4-13)9(8)7-14/h5,9H,3-4,6-7H2,1-2H3. The van der Waals surface area contributed by atoms with Crippen LogP contribution in [0.2, 0.25) is 0 Å². The molecule has 2 fully saturated rings. The van der Waals surface area contributed by atoms with Gasteiger partial charge in [0.25, 0.3) is 0 Å². The highest BCUT2D eigenvalue weighted by Crippen LogP contribution is 2.66. The Morgan fingerprint density at radius 3 is 2.26 bits per heavy atom. The lowest BCUT2D eigenvalue weighted by atomic mass is 9.80. The Morgan fingerprint density at radius 1 is 1.21 bits per heavy atom. The van der Waals surface area contributed by atoms with Crippen LogP contribution in [0.5, 0.6) is 0 Å². The Morgan fingerprint density at radius 2 is 1.79 bits per heavy atom. The molecular weight excluding hydrogens is 248 g/mol. The fourth-order valence-corrected chi connectivity index (χ4v) is 3.72. The molecule has 3 aliphatic carbocycles. The fourth-order valence-electron chi connectivity index (χ4n) is 3.72. The van der Waals surface area contributed by atoms with Crippen molar-refractivity contribution < 1.29 is 23.9 Å². The molecule has 3 rings (SSSR count). The van der Waals surface area contributed by atoms with Gasteiger partial charge in [0.05, 0.1) is 14.2 Å². The summed E-state index contributed by atoms with van der Waals surface area (Å²) in [5.74, 6) is -0.940. The van der Waals surface area contributed by atoms with E-state index in [1.807, 2.05) is 0 Å². The van der Waals surface area contributed by atoms with Crippen LogP contribution in [0.3, 0.4) is 0 Å². The van der Waals surface area contributed by atoms with Gasteiger partial charge in [0, 0.05) is 5.41 Å². The van der Waals surface area contributed by atoms with Crippen molar-refractivity contribution >= 4 is 17.7 Å². The van der Waals surface area contributed by atoms with Gasteiger partial charge in [-0.15, -0.1) is 0 Å². The number of hydrogen-bond acceptors (Lipinski definition) is 5. The molecule has 0 bridgehead atoms. The average Bonchev–Trinajstić information content (AvgIpc) is 3.08. The highest BCUT2D eigenvalue weighted by atomic mass is 16.5. The molecule has 5 nitrogen and oxygen atoms in total. The van der Waals surface area contributed by atoms with E-state index in [4.69, 9.17) is 9.47 Å². The molecule has 0 radical (unpaired) electrons. The van der Waals surface area contributed by atoms with E-state index < -0.39 is 17.4 Å². The third-order valence-corrected chi connectivity index (χ3v) is 4.92. The van der Waals surface area contributed by atoms with Gasteiger partial charge >= 0.3 is 11.9 Å². The van der Waals surface area contributed by atoms with E-state index in [-0.39, 0.29) is 23.5 Å². The molecule has 1 spiro atoms. The zero-order chi connectivity index (χ0) is 13.8. The summed E-state index contributed by atoms with van der Waals surface area (Å²) in [6, 6.07) is 0. The number of carbonyl (C=O) groups is 3. The maximum absolute atomic E-state index is 12.0. The lowest BCUT2D eigenvalue weighted by molar-refractivity contribution is -0.169. The van der Waals surface area contributed by atoms with Crippen LogP contribution in [0, 0.1) is 16.7 Å². The number of allylic oxidation sites excluding steroid dienone is 2. The fraction of sp³-hybridized carbons (Fsp3) is 0.643. The second-order valence-corrected chi connectivity index (χ2v) is 5.74. The number of ketones is 1. The van der Waals surface area contributed by atoms with Gasteiger partial charge in [-0.2, -0.15) is 0 Å². The van der Waals surface area contributed by atoms with Gasteiger partial charge in [0.2, 0.25) is 0 Å². The van der Waals surface area contributed by atoms with Crippen molar-refractivity contribution in [3.8, 4) is 0 Å². The molecule has 0 aromatic carbocycles. The third kappa shape index (κ3) is 1.38. The molecule has 0 N–H and O–H groups in total. The van der Waals surface area contributed by atoms with Crippen molar-refractivity contribution in [1.82, 2.24) is 0 Å². The van der Waals surface area contributed by atoms with Crippen molar-refractivity contribution in [2.24, 2.45) is 16.7 Å². The Hall–Kier alpha value is -1.65. The summed E-state index contributed by atoms with van der Waals surface area (Å²) in [7, 11) is 2.54. The minimum absolute atomic E-state index is 0.0122. The van der Waals surface area contributed by atoms with Crippen molar-refractivity contribution in [2.75, 3.05) is 14.2 Å². The normalized spacial score (nSPS) is 28.8. The molecule has 0 aromatic heterocycles. The summed E-state index contributed by atoms with van der Waals surface area (Å²) < 4.78 is 9.58. The molecule has 1 unspecified atom stereocenters. The summed E-state index contributed by atoms with van der Waals surface area (Å²) in [6.45, 7) is 0. The maximum Gasteiger partial charge on any atom is 0.323 e. The number of rotatable bonds is 2. The highest BCUT2D eigenvalue weighted by Gasteiger charge is 2.67. The van der Waals surface area contributed by atoms with Crippen LogP contribution >= 0.6 is 0 Å². The van der Waals surface area contributed by atoms with Gasteiger partial charge in [0.1, 0.15) is 0 Å². The topological polar surface area (TPSA) is 69.7 Å². The van der Waals surface area contributed by atoms with E-state index in [0.717, 1.165) is 18.4 Å². The summed E-state index contributed by atoms with van der Waals surface area (Å²) >= 11 is 0. The molecule has 3 aliphatic rings. The van der Waals surface area contributed by atoms with E-state index >= 15 is 0 Å². The first kappa shape index (κ1) is 12.4. The maximum atomic E-state index is 12.0. The number of esters is 2. The van der Waals surface area contributed by atoms with Gasteiger partial charge in [-0.3, -0.25) is 14.4 Å². The zero-order valence-electron chi connectivity index (χ0n) is 11.0. The minimum Gasteiger partial charge on any atom is -0.468 e. The summed E-state index contributed by atoms with van der Waals surface area (Å²) in [5.41, 5.74) is -0.659. The molecule has 5 heteroatoms. The quantitative estimate of drug-likeness (QED) is 0.550. The molecule has 2 saturated carbocycles. The van der Waals surface area contributed by atoms with Crippen LogP contribution in [-0.2, 0) is 23.9 Å². The molecule has 0 saturated heterocycles. The zero-order valence-corrected chi connectivity index (χ0v) is 11.0. The lowest BCUT2D eigenvalue weighted by Crippen LogP contribution is -2.40. The molecule has 0 heterocycles. The number of methoxy groups -OCH3 is 2. The molecule has 1 atom stereocenters. The third-order valence-electron chi connectivity index (χ3n) is 4.92. The summed E-state index contributed by atoms with van der Waals surface area (Å²) in [4.78, 5) is 36.0. The first-order valence-electron chi connectivity index (χ1n) is 6.42. The van der Waals surface area contributed by atoms with Crippen molar-refractivity contribution in [2.45, 2.75) is 25.7 Å². The monoisotopic (exact) mass is 264 g/mol. The first-order chi connectivity index (χ1) is 9.00. The number of hydrogen-bond donors (Lipinski definition) is 0. The largest absolute Gasteiger partial charge is 0.468 e. The second kappa shape index (κ2) is 3.68. The molecule has 19 heavy (non-hydrogen) atoms. The predicted octanol–water partition coefficient (Wildman–Crippen LogP) is 1.02. The Balaban J connectivity index is 1.98. The van der Waals surface area contributed by atoms with Crippen molar-refractivity contribution in [3.63, 3.8) is 0 Å². The van der Waals surface area contributed by atoms with Gasteiger partial charge in [0.15, 0.2) is 11.2 Å². The van der Waals surface area contributed by atoms with Crippen LogP contribution in [0.15, 0.2) is 11.6 Å². The van der Waals surface area contributed by atoms with Gasteiger partial charge in [-0.05, 0) is 37.7 Å².